The van der Waals surface area contributed by atoms with E-state index in [9.17, 15) is 9.59 Å². The van der Waals surface area contributed by atoms with Crippen LogP contribution >= 0.6 is 0 Å². The fourth-order valence-electron chi connectivity index (χ4n) is 1.25. The SMILES string of the molecule is C=CCC(CCCCOC(C)=O)C(=O)O. The Morgan fingerprint density at radius 3 is 2.60 bits per heavy atom. The van der Waals surface area contributed by atoms with E-state index in [4.69, 9.17) is 9.84 Å². The maximum atomic E-state index is 10.7. The Balaban J connectivity index is 3.57. The molecule has 0 saturated heterocycles. The molecule has 0 aromatic heterocycles. The third-order valence-electron chi connectivity index (χ3n) is 2.05. The van der Waals surface area contributed by atoms with Gasteiger partial charge in [-0.2, -0.15) is 0 Å². The maximum Gasteiger partial charge on any atom is 0.306 e. The lowest BCUT2D eigenvalue weighted by molar-refractivity contribution is -0.143. The van der Waals surface area contributed by atoms with Crippen LogP contribution in [0.4, 0.5) is 0 Å². The Morgan fingerprint density at radius 1 is 1.47 bits per heavy atom. The van der Waals surface area contributed by atoms with Gasteiger partial charge in [-0.25, -0.2) is 0 Å². The predicted octanol–water partition coefficient (Wildman–Crippen LogP) is 2.00. The zero-order chi connectivity index (χ0) is 11.7. The largest absolute Gasteiger partial charge is 0.481 e. The molecule has 0 aliphatic heterocycles. The van der Waals surface area contributed by atoms with Crippen molar-refractivity contribution in [2.45, 2.75) is 32.6 Å². The van der Waals surface area contributed by atoms with E-state index in [0.717, 1.165) is 6.42 Å². The fraction of sp³-hybridized carbons (Fsp3) is 0.636. The number of carbonyl (C=O) groups is 2. The van der Waals surface area contributed by atoms with E-state index < -0.39 is 5.97 Å². The number of allylic oxidation sites excluding steroid dienone is 1. The molecule has 1 atom stereocenters. The summed E-state index contributed by atoms with van der Waals surface area (Å²) >= 11 is 0. The highest BCUT2D eigenvalue weighted by molar-refractivity contribution is 5.70. The number of rotatable bonds is 8. The van der Waals surface area contributed by atoms with Gasteiger partial charge in [0.15, 0.2) is 0 Å². The molecule has 0 aliphatic rings. The summed E-state index contributed by atoms with van der Waals surface area (Å²) in [7, 11) is 0. The Bertz CT molecular complexity index is 223. The van der Waals surface area contributed by atoms with Crippen LogP contribution in [0.1, 0.15) is 32.6 Å². The molecule has 0 radical (unpaired) electrons. The Morgan fingerprint density at radius 2 is 2.13 bits per heavy atom. The van der Waals surface area contributed by atoms with Crippen LogP contribution in [0.2, 0.25) is 0 Å². The molecule has 86 valence electrons. The van der Waals surface area contributed by atoms with Gasteiger partial charge in [0, 0.05) is 6.92 Å². The number of esters is 1. The smallest absolute Gasteiger partial charge is 0.306 e. The van der Waals surface area contributed by atoms with Crippen LogP contribution in [0.5, 0.6) is 0 Å². The number of aliphatic carboxylic acids is 1. The Kier molecular flexibility index (Phi) is 7.32. The molecule has 0 amide bonds. The molecule has 4 nitrogen and oxygen atoms in total. The Labute approximate surface area is 89.9 Å². The van der Waals surface area contributed by atoms with Gasteiger partial charge in [0.1, 0.15) is 0 Å². The molecule has 0 aromatic carbocycles. The highest BCUT2D eigenvalue weighted by Gasteiger charge is 2.14. The van der Waals surface area contributed by atoms with Crippen molar-refractivity contribution in [2.75, 3.05) is 6.61 Å². The summed E-state index contributed by atoms with van der Waals surface area (Å²) in [6.45, 7) is 5.25. The number of carboxylic acid groups (broad SMARTS) is 1. The lowest BCUT2D eigenvalue weighted by Crippen LogP contribution is -2.13. The maximum absolute atomic E-state index is 10.7. The number of hydrogen-bond acceptors (Lipinski definition) is 3. The molecule has 0 heterocycles. The number of hydrogen-bond donors (Lipinski definition) is 1. The monoisotopic (exact) mass is 214 g/mol. The van der Waals surface area contributed by atoms with E-state index in [1.807, 2.05) is 0 Å². The van der Waals surface area contributed by atoms with E-state index >= 15 is 0 Å². The second kappa shape index (κ2) is 8.03. The van der Waals surface area contributed by atoms with Gasteiger partial charge in [0.25, 0.3) is 0 Å². The van der Waals surface area contributed by atoms with Crippen LogP contribution < -0.4 is 0 Å². The van der Waals surface area contributed by atoms with E-state index in [0.29, 0.717) is 25.9 Å². The molecule has 0 aliphatic carbocycles. The van der Waals surface area contributed by atoms with Crippen molar-refractivity contribution in [1.29, 1.82) is 0 Å². The average molecular weight is 214 g/mol. The molecule has 0 saturated carbocycles. The van der Waals surface area contributed by atoms with Gasteiger partial charge >= 0.3 is 11.9 Å². The molecule has 0 rings (SSSR count). The van der Waals surface area contributed by atoms with Crippen molar-refractivity contribution >= 4 is 11.9 Å². The van der Waals surface area contributed by atoms with Gasteiger partial charge < -0.3 is 9.84 Å². The lowest BCUT2D eigenvalue weighted by atomic mass is 9.99. The number of unbranched alkanes of at least 4 members (excludes halogenated alkanes) is 1. The van der Waals surface area contributed by atoms with Gasteiger partial charge in [0.05, 0.1) is 12.5 Å². The summed E-state index contributed by atoms with van der Waals surface area (Å²) in [4.78, 5) is 21.2. The molecule has 0 spiro atoms. The minimum atomic E-state index is -0.789. The van der Waals surface area contributed by atoms with E-state index in [-0.39, 0.29) is 11.9 Å². The van der Waals surface area contributed by atoms with Crippen molar-refractivity contribution in [3.05, 3.63) is 12.7 Å². The third kappa shape index (κ3) is 7.73. The van der Waals surface area contributed by atoms with Crippen LogP contribution in [0.3, 0.4) is 0 Å². The molecule has 1 N–H and O–H groups in total. The zero-order valence-corrected chi connectivity index (χ0v) is 9.07. The summed E-state index contributed by atoms with van der Waals surface area (Å²) in [5, 5.41) is 8.82. The van der Waals surface area contributed by atoms with Crippen molar-refractivity contribution in [2.24, 2.45) is 5.92 Å². The zero-order valence-electron chi connectivity index (χ0n) is 9.07. The molecular weight excluding hydrogens is 196 g/mol. The summed E-state index contributed by atoms with van der Waals surface area (Å²) in [6, 6.07) is 0. The molecule has 1 unspecified atom stereocenters. The van der Waals surface area contributed by atoms with Gasteiger partial charge in [0.2, 0.25) is 0 Å². The van der Waals surface area contributed by atoms with Crippen LogP contribution in [-0.4, -0.2) is 23.7 Å². The summed E-state index contributed by atoms with van der Waals surface area (Å²) in [6.07, 6.45) is 4.16. The lowest BCUT2D eigenvalue weighted by Gasteiger charge is -2.09. The van der Waals surface area contributed by atoms with Crippen LogP contribution in [0.15, 0.2) is 12.7 Å². The van der Waals surface area contributed by atoms with E-state index in [2.05, 4.69) is 6.58 Å². The molecule has 15 heavy (non-hydrogen) atoms. The first-order valence-corrected chi connectivity index (χ1v) is 5.05. The summed E-state index contributed by atoms with van der Waals surface area (Å²) in [5.41, 5.74) is 0. The standard InChI is InChI=1S/C11H18O4/c1-3-6-10(11(13)14)7-4-5-8-15-9(2)12/h3,10H,1,4-8H2,2H3,(H,13,14). The van der Waals surface area contributed by atoms with Crippen LogP contribution in [0.25, 0.3) is 0 Å². The van der Waals surface area contributed by atoms with E-state index in [1.165, 1.54) is 6.92 Å². The quantitative estimate of drug-likeness (QED) is 0.381. The summed E-state index contributed by atoms with van der Waals surface area (Å²) < 4.78 is 4.74. The molecule has 4 heteroatoms. The molecule has 0 aromatic rings. The fourth-order valence-corrected chi connectivity index (χ4v) is 1.25. The third-order valence-corrected chi connectivity index (χ3v) is 2.05. The van der Waals surface area contributed by atoms with Crippen molar-refractivity contribution in [3.8, 4) is 0 Å². The van der Waals surface area contributed by atoms with E-state index in [1.54, 1.807) is 6.08 Å². The topological polar surface area (TPSA) is 63.6 Å². The minimum Gasteiger partial charge on any atom is -0.481 e. The number of ether oxygens (including phenoxy) is 1. The minimum absolute atomic E-state index is 0.295. The van der Waals surface area contributed by atoms with Crippen molar-refractivity contribution in [1.82, 2.24) is 0 Å². The second-order valence-corrected chi connectivity index (χ2v) is 3.40. The predicted molar refractivity (Wildman–Crippen MR) is 56.4 cm³/mol. The first-order valence-electron chi connectivity index (χ1n) is 5.05. The Hall–Kier alpha value is -1.32. The first kappa shape index (κ1) is 13.7. The highest BCUT2D eigenvalue weighted by Crippen LogP contribution is 2.13. The van der Waals surface area contributed by atoms with Gasteiger partial charge in [-0.15, -0.1) is 6.58 Å². The van der Waals surface area contributed by atoms with Crippen molar-refractivity contribution < 1.29 is 19.4 Å². The van der Waals surface area contributed by atoms with Gasteiger partial charge in [-0.05, 0) is 25.7 Å². The number of carboxylic acids is 1. The molecule has 0 fully saturated rings. The van der Waals surface area contributed by atoms with Crippen LogP contribution in [-0.2, 0) is 14.3 Å². The first-order chi connectivity index (χ1) is 7.07. The second-order valence-electron chi connectivity index (χ2n) is 3.40. The van der Waals surface area contributed by atoms with Crippen molar-refractivity contribution in [3.63, 3.8) is 0 Å². The molecular formula is C11H18O4. The van der Waals surface area contributed by atoms with Crippen LogP contribution in [0, 0.1) is 5.92 Å². The average Bonchev–Trinajstić information content (AvgIpc) is 2.15. The van der Waals surface area contributed by atoms with Gasteiger partial charge in [-0.3, -0.25) is 9.59 Å². The number of carbonyl (C=O) groups excluding carboxylic acids is 1. The normalized spacial score (nSPS) is 11.8. The van der Waals surface area contributed by atoms with Gasteiger partial charge in [-0.1, -0.05) is 6.08 Å². The molecule has 0 bridgehead atoms. The highest BCUT2D eigenvalue weighted by atomic mass is 16.5. The summed E-state index contributed by atoms with van der Waals surface area (Å²) in [5.74, 6) is -1.45.